The molecular formula is C20H23ClN4O3. The lowest BCUT2D eigenvalue weighted by molar-refractivity contribution is -0.150. The van der Waals surface area contributed by atoms with E-state index in [1.165, 1.54) is 0 Å². The number of hydrogen-bond acceptors (Lipinski definition) is 6. The van der Waals surface area contributed by atoms with Crippen molar-refractivity contribution in [3.05, 3.63) is 53.3 Å². The molecule has 28 heavy (non-hydrogen) atoms. The topological polar surface area (TPSA) is 84.4 Å². The first-order chi connectivity index (χ1) is 13.6. The third-order valence-electron chi connectivity index (χ3n) is 4.58. The van der Waals surface area contributed by atoms with Crippen LogP contribution in [0.3, 0.4) is 0 Å². The van der Waals surface area contributed by atoms with Crippen LogP contribution in [0.15, 0.2) is 42.7 Å². The van der Waals surface area contributed by atoms with Gasteiger partial charge in [-0.15, -0.1) is 0 Å². The number of anilines is 1. The molecule has 1 aromatic carbocycles. The summed E-state index contributed by atoms with van der Waals surface area (Å²) in [5, 5.41) is 3.44. The molecule has 1 amide bonds. The Hall–Kier alpha value is -2.67. The van der Waals surface area contributed by atoms with Crippen LogP contribution in [0, 0.1) is 0 Å². The average Bonchev–Trinajstić information content (AvgIpc) is 2.74. The van der Waals surface area contributed by atoms with Crippen LogP contribution in [0.2, 0.25) is 5.02 Å². The van der Waals surface area contributed by atoms with Crippen molar-refractivity contribution in [1.82, 2.24) is 15.3 Å². The molecule has 1 atom stereocenters. The molecule has 7 nitrogen and oxygen atoms in total. The lowest BCUT2D eigenvalue weighted by Gasteiger charge is -2.33. The molecule has 148 valence electrons. The number of nitrogens with one attached hydrogen (secondary N) is 1. The van der Waals surface area contributed by atoms with E-state index >= 15 is 0 Å². The molecule has 3 rings (SSSR count). The van der Waals surface area contributed by atoms with Crippen molar-refractivity contribution in [1.29, 1.82) is 0 Å². The van der Waals surface area contributed by atoms with Crippen LogP contribution in [0.25, 0.3) is 0 Å². The number of rotatable bonds is 7. The van der Waals surface area contributed by atoms with E-state index in [9.17, 15) is 9.59 Å². The molecule has 1 unspecified atom stereocenters. The van der Waals surface area contributed by atoms with Crippen molar-refractivity contribution >= 4 is 29.4 Å². The quantitative estimate of drug-likeness (QED) is 0.716. The maximum Gasteiger partial charge on any atom is 0.329 e. The molecule has 1 aliphatic rings. The Morgan fingerprint density at radius 2 is 1.93 bits per heavy atom. The van der Waals surface area contributed by atoms with Gasteiger partial charge in [0.1, 0.15) is 6.04 Å². The van der Waals surface area contributed by atoms with Gasteiger partial charge in [0.2, 0.25) is 5.95 Å². The van der Waals surface area contributed by atoms with Gasteiger partial charge in [0.15, 0.2) is 6.61 Å². The van der Waals surface area contributed by atoms with Gasteiger partial charge in [-0.05, 0) is 49.4 Å². The van der Waals surface area contributed by atoms with E-state index < -0.39 is 12.0 Å². The second-order valence-electron chi connectivity index (χ2n) is 6.59. The van der Waals surface area contributed by atoms with Crippen LogP contribution in [-0.2, 0) is 20.7 Å². The van der Waals surface area contributed by atoms with Crippen LogP contribution in [0.5, 0.6) is 0 Å². The van der Waals surface area contributed by atoms with E-state index in [1.807, 2.05) is 29.2 Å². The molecule has 0 saturated carbocycles. The number of amides is 1. The molecule has 1 aliphatic heterocycles. The maximum absolute atomic E-state index is 12.5. The van der Waals surface area contributed by atoms with Gasteiger partial charge in [-0.3, -0.25) is 4.79 Å². The first-order valence-corrected chi connectivity index (χ1v) is 9.73. The predicted octanol–water partition coefficient (Wildman–Crippen LogP) is 2.39. The molecular weight excluding hydrogens is 380 g/mol. The Kier molecular flexibility index (Phi) is 7.19. The fourth-order valence-corrected chi connectivity index (χ4v) is 3.26. The van der Waals surface area contributed by atoms with Crippen LogP contribution in [-0.4, -0.2) is 47.6 Å². The molecule has 1 N–H and O–H groups in total. The van der Waals surface area contributed by atoms with Gasteiger partial charge < -0.3 is 15.0 Å². The highest BCUT2D eigenvalue weighted by atomic mass is 35.5. The van der Waals surface area contributed by atoms with E-state index in [1.54, 1.807) is 18.5 Å². The largest absolute Gasteiger partial charge is 0.454 e. The SMILES string of the molecule is O=C(COC(=O)C1CCCCN1c1ncccn1)NCCc1ccc(Cl)cc1. The summed E-state index contributed by atoms with van der Waals surface area (Å²) in [4.78, 5) is 34.8. The summed E-state index contributed by atoms with van der Waals surface area (Å²) in [5.74, 6) is -0.225. The van der Waals surface area contributed by atoms with Crippen LogP contribution >= 0.6 is 11.6 Å². The summed E-state index contributed by atoms with van der Waals surface area (Å²) in [6.45, 7) is 0.863. The van der Waals surface area contributed by atoms with Gasteiger partial charge >= 0.3 is 5.97 Å². The van der Waals surface area contributed by atoms with Gasteiger partial charge in [-0.2, -0.15) is 0 Å². The van der Waals surface area contributed by atoms with Gasteiger partial charge in [-0.1, -0.05) is 23.7 Å². The lowest BCUT2D eigenvalue weighted by Crippen LogP contribution is -2.47. The van der Waals surface area contributed by atoms with Gasteiger partial charge in [-0.25, -0.2) is 14.8 Å². The first-order valence-electron chi connectivity index (χ1n) is 9.35. The number of piperidine rings is 1. The summed E-state index contributed by atoms with van der Waals surface area (Å²) >= 11 is 5.85. The molecule has 2 heterocycles. The summed E-state index contributed by atoms with van der Waals surface area (Å²) in [5.41, 5.74) is 1.07. The number of hydrogen-bond donors (Lipinski definition) is 1. The van der Waals surface area contributed by atoms with Crippen molar-refractivity contribution in [2.24, 2.45) is 0 Å². The van der Waals surface area contributed by atoms with Gasteiger partial charge in [0, 0.05) is 30.5 Å². The summed E-state index contributed by atoms with van der Waals surface area (Å²) in [6, 6.07) is 8.72. The van der Waals surface area contributed by atoms with E-state index in [0.29, 0.717) is 36.9 Å². The third-order valence-corrected chi connectivity index (χ3v) is 4.83. The monoisotopic (exact) mass is 402 g/mol. The van der Waals surface area contributed by atoms with Gasteiger partial charge in [0.05, 0.1) is 0 Å². The minimum Gasteiger partial charge on any atom is -0.454 e. The van der Waals surface area contributed by atoms with E-state index in [0.717, 1.165) is 18.4 Å². The fourth-order valence-electron chi connectivity index (χ4n) is 3.14. The fraction of sp³-hybridized carbons (Fsp3) is 0.400. The minimum atomic E-state index is -0.460. The Morgan fingerprint density at radius 1 is 1.18 bits per heavy atom. The molecule has 0 aliphatic carbocycles. The first kappa shape index (κ1) is 20.1. The minimum absolute atomic E-state index is 0.292. The lowest BCUT2D eigenvalue weighted by atomic mass is 10.0. The number of benzene rings is 1. The standard InChI is InChI=1S/C20H23ClN4O3/c21-16-7-5-15(6-8-16)9-12-22-18(26)14-28-19(27)17-4-1-2-13-25(17)20-23-10-3-11-24-20/h3,5-8,10-11,17H,1-2,4,9,12-14H2,(H,22,26). The van der Waals surface area contributed by atoms with Crippen molar-refractivity contribution < 1.29 is 14.3 Å². The zero-order valence-corrected chi connectivity index (χ0v) is 16.3. The zero-order chi connectivity index (χ0) is 19.8. The molecule has 2 aromatic rings. The van der Waals surface area contributed by atoms with Crippen molar-refractivity contribution in [3.8, 4) is 0 Å². The van der Waals surface area contributed by atoms with Crippen molar-refractivity contribution in [3.63, 3.8) is 0 Å². The highest BCUT2D eigenvalue weighted by Crippen LogP contribution is 2.22. The maximum atomic E-state index is 12.5. The summed E-state index contributed by atoms with van der Waals surface area (Å²) < 4.78 is 5.25. The van der Waals surface area contributed by atoms with Crippen LogP contribution in [0.4, 0.5) is 5.95 Å². The molecule has 0 radical (unpaired) electrons. The average molecular weight is 403 g/mol. The Morgan fingerprint density at radius 3 is 2.68 bits per heavy atom. The molecule has 8 heteroatoms. The number of esters is 1. The highest BCUT2D eigenvalue weighted by Gasteiger charge is 2.31. The number of nitrogens with zero attached hydrogens (tertiary/aromatic N) is 3. The van der Waals surface area contributed by atoms with Gasteiger partial charge in [0.25, 0.3) is 5.91 Å². The third kappa shape index (κ3) is 5.66. The second-order valence-corrected chi connectivity index (χ2v) is 7.02. The Labute approximate surface area is 169 Å². The van der Waals surface area contributed by atoms with Crippen LogP contribution in [0.1, 0.15) is 24.8 Å². The molecule has 0 bridgehead atoms. The van der Waals surface area contributed by atoms with E-state index in [-0.39, 0.29) is 12.5 Å². The van der Waals surface area contributed by atoms with Crippen LogP contribution < -0.4 is 10.2 Å². The number of carbonyl (C=O) groups excluding carboxylic acids is 2. The van der Waals surface area contributed by atoms with E-state index in [2.05, 4.69) is 15.3 Å². The number of carbonyl (C=O) groups is 2. The molecule has 1 aromatic heterocycles. The number of ether oxygens (including phenoxy) is 1. The highest BCUT2D eigenvalue weighted by molar-refractivity contribution is 6.30. The normalized spacial score (nSPS) is 16.5. The summed E-state index contributed by atoms with van der Waals surface area (Å²) in [6.07, 6.45) is 6.53. The predicted molar refractivity (Wildman–Crippen MR) is 106 cm³/mol. The van der Waals surface area contributed by atoms with Crippen molar-refractivity contribution in [2.75, 3.05) is 24.6 Å². The number of aromatic nitrogens is 2. The summed E-state index contributed by atoms with van der Waals surface area (Å²) in [7, 11) is 0. The smallest absolute Gasteiger partial charge is 0.329 e. The Balaban J connectivity index is 1.44. The molecule has 1 saturated heterocycles. The molecule has 1 fully saturated rings. The molecule has 0 spiro atoms. The van der Waals surface area contributed by atoms with Crippen molar-refractivity contribution in [2.45, 2.75) is 31.7 Å². The Bertz CT molecular complexity index is 786. The van der Waals surface area contributed by atoms with E-state index in [4.69, 9.17) is 16.3 Å². The second kappa shape index (κ2) is 10.0. The number of halogens is 1. The zero-order valence-electron chi connectivity index (χ0n) is 15.5.